The van der Waals surface area contributed by atoms with Gasteiger partial charge in [0, 0.05) is 29.7 Å². The average Bonchev–Trinajstić information content (AvgIpc) is 2.55. The van der Waals surface area contributed by atoms with Gasteiger partial charge in [0.1, 0.15) is 11.4 Å². The molecule has 0 radical (unpaired) electrons. The van der Waals surface area contributed by atoms with E-state index in [-0.39, 0.29) is 11.7 Å². The molecule has 1 heterocycles. The number of hydrogen-bond donors (Lipinski definition) is 1. The van der Waals surface area contributed by atoms with Crippen molar-refractivity contribution >= 4 is 27.9 Å². The third-order valence-electron chi connectivity index (χ3n) is 4.36. The zero-order valence-electron chi connectivity index (χ0n) is 15.7. The zero-order valence-corrected chi connectivity index (χ0v) is 17.3. The van der Waals surface area contributed by atoms with Crippen molar-refractivity contribution in [1.82, 2.24) is 10.2 Å². The Morgan fingerprint density at radius 3 is 2.46 bits per heavy atom. The maximum atomic E-state index is 13.9. The third-order valence-corrected chi connectivity index (χ3v) is 5.19. The second-order valence-electron chi connectivity index (χ2n) is 7.68. The average molecular weight is 429 g/mol. The number of amides is 2. The molecule has 0 bridgehead atoms. The van der Waals surface area contributed by atoms with E-state index in [2.05, 4.69) is 21.2 Å². The summed E-state index contributed by atoms with van der Waals surface area (Å²) < 4.78 is 19.7. The minimum Gasteiger partial charge on any atom is -0.444 e. The number of rotatable bonds is 3. The first-order valence-corrected chi connectivity index (χ1v) is 9.58. The molecule has 1 aromatic carbocycles. The van der Waals surface area contributed by atoms with Gasteiger partial charge in [-0.1, -0.05) is 15.9 Å². The van der Waals surface area contributed by atoms with Gasteiger partial charge in [-0.3, -0.25) is 4.79 Å². The summed E-state index contributed by atoms with van der Waals surface area (Å²) in [6, 6.07) is 2.95. The number of nitrogens with one attached hydrogen (secondary N) is 1. The minimum absolute atomic E-state index is 0.164. The van der Waals surface area contributed by atoms with Crippen LogP contribution in [0.3, 0.4) is 0 Å². The first kappa shape index (κ1) is 20.7. The number of carbonyl (C=O) groups is 2. The summed E-state index contributed by atoms with van der Waals surface area (Å²) in [7, 11) is 0. The number of alkyl carbamates (subject to hydrolysis) is 1. The Balaban J connectivity index is 1.84. The van der Waals surface area contributed by atoms with Gasteiger partial charge in [-0.05, 0) is 64.2 Å². The van der Waals surface area contributed by atoms with E-state index in [4.69, 9.17) is 4.74 Å². The molecule has 1 fully saturated rings. The van der Waals surface area contributed by atoms with Gasteiger partial charge in [0.25, 0.3) is 5.91 Å². The topological polar surface area (TPSA) is 58.6 Å². The molecule has 0 aliphatic carbocycles. The summed E-state index contributed by atoms with van der Waals surface area (Å²) in [5.41, 5.74) is 0.330. The summed E-state index contributed by atoms with van der Waals surface area (Å²) >= 11 is 3.29. The molecule has 1 aliphatic heterocycles. The number of benzene rings is 1. The summed E-state index contributed by atoms with van der Waals surface area (Å²) in [5, 5.41) is 2.79. The number of hydrogen-bond acceptors (Lipinski definition) is 3. The molecule has 1 saturated heterocycles. The van der Waals surface area contributed by atoms with Gasteiger partial charge in [0.05, 0.1) is 0 Å². The number of piperidine rings is 1. The fourth-order valence-electron chi connectivity index (χ4n) is 2.83. The predicted molar refractivity (Wildman–Crippen MR) is 102 cm³/mol. The molecule has 7 heteroatoms. The number of halogens is 2. The van der Waals surface area contributed by atoms with E-state index in [1.165, 1.54) is 6.07 Å². The van der Waals surface area contributed by atoms with E-state index in [9.17, 15) is 14.0 Å². The lowest BCUT2D eigenvalue weighted by atomic mass is 9.96. The quantitative estimate of drug-likeness (QED) is 0.781. The smallest absolute Gasteiger partial charge is 0.407 e. The molecule has 0 saturated carbocycles. The Labute approximate surface area is 162 Å². The second kappa shape index (κ2) is 8.37. The lowest BCUT2D eigenvalue weighted by Gasteiger charge is -2.32. The standard InChI is InChI=1S/C19H26BrFN2O3/c1-12-15(20)9-14(10-16(12)21)17(24)23-7-5-13(6-8-23)11-22-18(25)26-19(2,3)4/h9-10,13H,5-8,11H2,1-4H3,(H,22,25). The van der Waals surface area contributed by atoms with Crippen molar-refractivity contribution in [3.05, 3.63) is 33.5 Å². The van der Waals surface area contributed by atoms with Crippen molar-refractivity contribution < 1.29 is 18.7 Å². The fourth-order valence-corrected chi connectivity index (χ4v) is 3.27. The molecule has 1 aromatic rings. The number of ether oxygens (including phenoxy) is 1. The highest BCUT2D eigenvalue weighted by molar-refractivity contribution is 9.10. The van der Waals surface area contributed by atoms with Gasteiger partial charge in [-0.25, -0.2) is 9.18 Å². The number of carbonyl (C=O) groups excluding carboxylic acids is 2. The van der Waals surface area contributed by atoms with E-state index >= 15 is 0 Å². The lowest BCUT2D eigenvalue weighted by Crippen LogP contribution is -2.42. The van der Waals surface area contributed by atoms with Crippen LogP contribution in [-0.2, 0) is 4.74 Å². The van der Waals surface area contributed by atoms with Gasteiger partial charge < -0.3 is 15.0 Å². The number of likely N-dealkylation sites (tertiary alicyclic amines) is 1. The van der Waals surface area contributed by atoms with Crippen molar-refractivity contribution in [3.63, 3.8) is 0 Å². The highest BCUT2D eigenvalue weighted by Crippen LogP contribution is 2.24. The molecular weight excluding hydrogens is 403 g/mol. The predicted octanol–water partition coefficient (Wildman–Crippen LogP) is 4.27. The molecule has 26 heavy (non-hydrogen) atoms. The molecule has 2 rings (SSSR count). The van der Waals surface area contributed by atoms with Gasteiger partial charge in [-0.2, -0.15) is 0 Å². The third kappa shape index (κ3) is 5.69. The van der Waals surface area contributed by atoms with Crippen molar-refractivity contribution in [3.8, 4) is 0 Å². The Morgan fingerprint density at radius 2 is 1.92 bits per heavy atom. The van der Waals surface area contributed by atoms with Gasteiger partial charge in [0.2, 0.25) is 0 Å². The lowest BCUT2D eigenvalue weighted by molar-refractivity contribution is 0.0500. The second-order valence-corrected chi connectivity index (χ2v) is 8.54. The van der Waals surface area contributed by atoms with Crippen LogP contribution in [0.1, 0.15) is 49.5 Å². The summed E-state index contributed by atoms with van der Waals surface area (Å²) in [4.78, 5) is 26.0. The van der Waals surface area contributed by atoms with E-state index < -0.39 is 11.7 Å². The molecule has 0 spiro atoms. The van der Waals surface area contributed by atoms with Crippen molar-refractivity contribution in [2.24, 2.45) is 5.92 Å². The van der Waals surface area contributed by atoms with Crippen LogP contribution in [0.2, 0.25) is 0 Å². The van der Waals surface area contributed by atoms with E-state index in [0.29, 0.717) is 41.2 Å². The highest BCUT2D eigenvalue weighted by atomic mass is 79.9. The van der Waals surface area contributed by atoms with Crippen LogP contribution < -0.4 is 5.32 Å². The zero-order chi connectivity index (χ0) is 19.5. The van der Waals surface area contributed by atoms with Crippen molar-refractivity contribution in [1.29, 1.82) is 0 Å². The van der Waals surface area contributed by atoms with Crippen molar-refractivity contribution in [2.45, 2.75) is 46.1 Å². The van der Waals surface area contributed by atoms with Gasteiger partial charge in [-0.15, -0.1) is 0 Å². The van der Waals surface area contributed by atoms with Crippen molar-refractivity contribution in [2.75, 3.05) is 19.6 Å². The van der Waals surface area contributed by atoms with E-state index in [1.807, 2.05) is 20.8 Å². The highest BCUT2D eigenvalue weighted by Gasteiger charge is 2.25. The molecule has 1 N–H and O–H groups in total. The van der Waals surface area contributed by atoms with E-state index in [0.717, 1.165) is 12.8 Å². The normalized spacial score (nSPS) is 15.7. The van der Waals surface area contributed by atoms with Crippen LogP contribution in [0.25, 0.3) is 0 Å². The maximum Gasteiger partial charge on any atom is 0.407 e. The van der Waals surface area contributed by atoms with Gasteiger partial charge in [0.15, 0.2) is 0 Å². The first-order chi connectivity index (χ1) is 12.1. The Hall–Kier alpha value is -1.63. The van der Waals surface area contributed by atoms with Crippen LogP contribution in [0, 0.1) is 18.7 Å². The molecule has 0 unspecified atom stereocenters. The molecule has 2 amide bonds. The largest absolute Gasteiger partial charge is 0.444 e. The summed E-state index contributed by atoms with van der Waals surface area (Å²) in [6.07, 6.45) is 1.16. The Morgan fingerprint density at radius 1 is 1.31 bits per heavy atom. The SMILES string of the molecule is Cc1c(F)cc(C(=O)N2CCC(CNC(=O)OC(C)(C)C)CC2)cc1Br. The molecule has 0 atom stereocenters. The van der Waals surface area contributed by atoms with Gasteiger partial charge >= 0.3 is 6.09 Å². The summed E-state index contributed by atoms with van der Waals surface area (Å²) in [6.45, 7) is 8.84. The summed E-state index contributed by atoms with van der Waals surface area (Å²) in [5.74, 6) is -0.254. The first-order valence-electron chi connectivity index (χ1n) is 8.78. The Kier molecular flexibility index (Phi) is 6.66. The Bertz CT molecular complexity index is 657. The number of nitrogens with zero attached hydrogens (tertiary/aromatic N) is 1. The molecule has 5 nitrogen and oxygen atoms in total. The van der Waals surface area contributed by atoms with Crippen LogP contribution in [0.15, 0.2) is 16.6 Å². The van der Waals surface area contributed by atoms with Crippen LogP contribution in [0.5, 0.6) is 0 Å². The molecular formula is C19H26BrFN2O3. The fraction of sp³-hybridized carbons (Fsp3) is 0.579. The van der Waals surface area contributed by atoms with Crippen LogP contribution in [-0.4, -0.2) is 42.1 Å². The minimum atomic E-state index is -0.516. The monoisotopic (exact) mass is 428 g/mol. The van der Waals surface area contributed by atoms with E-state index in [1.54, 1.807) is 17.9 Å². The maximum absolute atomic E-state index is 13.9. The molecule has 0 aromatic heterocycles. The van der Waals surface area contributed by atoms with Crippen LogP contribution in [0.4, 0.5) is 9.18 Å². The molecule has 144 valence electrons. The van der Waals surface area contributed by atoms with Crippen LogP contribution >= 0.6 is 15.9 Å². The molecule has 1 aliphatic rings.